The Hall–Kier alpha value is -2.01. The zero-order valence-electron chi connectivity index (χ0n) is 11.5. The van der Waals surface area contributed by atoms with Gasteiger partial charge in [0.15, 0.2) is 0 Å². The van der Waals surface area contributed by atoms with Gasteiger partial charge in [-0.15, -0.1) is 0 Å². The first-order chi connectivity index (χ1) is 10.4. The number of carbonyl (C=O) groups is 1. The Morgan fingerprint density at radius 2 is 1.68 bits per heavy atom. The molecule has 0 spiro atoms. The topological polar surface area (TPSA) is 29.1 Å². The summed E-state index contributed by atoms with van der Waals surface area (Å²) in [4.78, 5) is 11.9. The van der Waals surface area contributed by atoms with Crippen molar-refractivity contribution in [2.24, 2.45) is 0 Å². The number of rotatable bonds is 4. The quantitative estimate of drug-likeness (QED) is 0.889. The molecule has 0 saturated heterocycles. The van der Waals surface area contributed by atoms with E-state index in [4.69, 9.17) is 11.6 Å². The molecule has 2 aromatic carbocycles. The van der Waals surface area contributed by atoms with Crippen molar-refractivity contribution < 1.29 is 18.0 Å². The molecule has 22 heavy (non-hydrogen) atoms. The zero-order valence-corrected chi connectivity index (χ0v) is 12.2. The highest BCUT2D eigenvalue weighted by Crippen LogP contribution is 2.31. The molecule has 0 atom stereocenters. The van der Waals surface area contributed by atoms with E-state index in [1.165, 1.54) is 18.2 Å². The highest BCUT2D eigenvalue weighted by atomic mass is 35.5. The lowest BCUT2D eigenvalue weighted by Crippen LogP contribution is -2.28. The van der Waals surface area contributed by atoms with Gasteiger partial charge >= 0.3 is 6.18 Å². The molecular weight excluding hydrogens is 315 g/mol. The van der Waals surface area contributed by atoms with Gasteiger partial charge in [0.2, 0.25) is 0 Å². The van der Waals surface area contributed by atoms with Gasteiger partial charge in [0.25, 0.3) is 5.91 Å². The maximum atomic E-state index is 12.8. The summed E-state index contributed by atoms with van der Waals surface area (Å²) in [7, 11) is 0. The summed E-state index contributed by atoms with van der Waals surface area (Å²) in [6.07, 6.45) is -4.04. The van der Waals surface area contributed by atoms with Crippen LogP contribution in [0.1, 0.15) is 21.5 Å². The first-order valence-electron chi connectivity index (χ1n) is 6.57. The Balaban J connectivity index is 2.00. The van der Waals surface area contributed by atoms with E-state index in [1.54, 1.807) is 24.3 Å². The van der Waals surface area contributed by atoms with E-state index in [0.717, 1.165) is 11.6 Å². The van der Waals surface area contributed by atoms with Crippen molar-refractivity contribution in [2.45, 2.75) is 12.6 Å². The van der Waals surface area contributed by atoms with Crippen molar-refractivity contribution >= 4 is 17.5 Å². The molecule has 0 bridgehead atoms. The molecule has 0 aliphatic rings. The Bertz CT molecular complexity index is 653. The number of hydrogen-bond acceptors (Lipinski definition) is 1. The van der Waals surface area contributed by atoms with E-state index in [-0.39, 0.29) is 12.1 Å². The second kappa shape index (κ2) is 6.83. The number of alkyl halides is 3. The van der Waals surface area contributed by atoms with Crippen LogP contribution in [0.5, 0.6) is 0 Å². The smallest absolute Gasteiger partial charge is 0.352 e. The number of benzene rings is 2. The van der Waals surface area contributed by atoms with Crippen LogP contribution in [0.2, 0.25) is 5.02 Å². The summed E-state index contributed by atoms with van der Waals surface area (Å²) in [6.45, 7) is 0.243. The van der Waals surface area contributed by atoms with Crippen LogP contribution < -0.4 is 5.32 Å². The summed E-state index contributed by atoms with van der Waals surface area (Å²) >= 11 is 5.76. The third-order valence-corrected chi connectivity index (χ3v) is 3.34. The number of amides is 1. The van der Waals surface area contributed by atoms with E-state index >= 15 is 0 Å². The minimum Gasteiger partial charge on any atom is -0.352 e. The molecule has 0 aliphatic heterocycles. The number of nitrogens with one attached hydrogen (secondary N) is 1. The molecule has 2 rings (SSSR count). The first kappa shape index (κ1) is 16.4. The minimum atomic E-state index is -4.55. The molecule has 0 saturated carbocycles. The molecule has 0 fully saturated rings. The van der Waals surface area contributed by atoms with Crippen LogP contribution in [0, 0.1) is 0 Å². The van der Waals surface area contributed by atoms with Crippen molar-refractivity contribution in [3.05, 3.63) is 70.2 Å². The molecule has 1 N–H and O–H groups in total. The molecule has 0 radical (unpaired) electrons. The van der Waals surface area contributed by atoms with Gasteiger partial charge in [0, 0.05) is 11.6 Å². The van der Waals surface area contributed by atoms with Crippen molar-refractivity contribution in [1.29, 1.82) is 0 Å². The third kappa shape index (κ3) is 4.24. The summed E-state index contributed by atoms with van der Waals surface area (Å²) in [6, 6.07) is 11.8. The van der Waals surface area contributed by atoms with E-state index in [9.17, 15) is 18.0 Å². The van der Waals surface area contributed by atoms with Crippen molar-refractivity contribution in [3.8, 4) is 0 Å². The van der Waals surface area contributed by atoms with Gasteiger partial charge in [-0.25, -0.2) is 0 Å². The van der Waals surface area contributed by atoms with Crippen LogP contribution in [-0.4, -0.2) is 12.5 Å². The monoisotopic (exact) mass is 327 g/mol. The molecule has 6 heteroatoms. The average Bonchev–Trinajstić information content (AvgIpc) is 2.48. The van der Waals surface area contributed by atoms with Crippen LogP contribution in [0.3, 0.4) is 0 Å². The SMILES string of the molecule is O=C(NCCc1ccc(Cl)cc1)c1ccccc1C(F)(F)F. The van der Waals surface area contributed by atoms with Gasteiger partial charge in [-0.3, -0.25) is 4.79 Å². The maximum Gasteiger partial charge on any atom is 0.417 e. The van der Waals surface area contributed by atoms with Crippen molar-refractivity contribution in [3.63, 3.8) is 0 Å². The van der Waals surface area contributed by atoms with Gasteiger partial charge in [0.05, 0.1) is 11.1 Å². The third-order valence-electron chi connectivity index (χ3n) is 3.09. The fourth-order valence-corrected chi connectivity index (χ4v) is 2.12. The predicted molar refractivity (Wildman–Crippen MR) is 78.9 cm³/mol. The van der Waals surface area contributed by atoms with Gasteiger partial charge in [-0.2, -0.15) is 13.2 Å². The average molecular weight is 328 g/mol. The molecular formula is C16H13ClF3NO. The Morgan fingerprint density at radius 3 is 2.32 bits per heavy atom. The standard InChI is InChI=1S/C16H13ClF3NO/c17-12-7-5-11(6-8-12)9-10-21-15(22)13-3-1-2-4-14(13)16(18,19)20/h1-8H,9-10H2,(H,21,22). The van der Waals surface area contributed by atoms with Crippen LogP contribution in [0.4, 0.5) is 13.2 Å². The molecule has 0 heterocycles. The highest BCUT2D eigenvalue weighted by molar-refractivity contribution is 6.30. The van der Waals surface area contributed by atoms with Crippen LogP contribution in [-0.2, 0) is 12.6 Å². The normalized spacial score (nSPS) is 11.3. The second-order valence-electron chi connectivity index (χ2n) is 4.68. The van der Waals surface area contributed by atoms with Crippen LogP contribution >= 0.6 is 11.6 Å². The second-order valence-corrected chi connectivity index (χ2v) is 5.11. The number of hydrogen-bond donors (Lipinski definition) is 1. The van der Waals surface area contributed by atoms with Crippen LogP contribution in [0.25, 0.3) is 0 Å². The Kier molecular flexibility index (Phi) is 5.08. The molecule has 116 valence electrons. The molecule has 2 nitrogen and oxygen atoms in total. The first-order valence-corrected chi connectivity index (χ1v) is 6.94. The van der Waals surface area contributed by atoms with E-state index in [2.05, 4.69) is 5.32 Å². The zero-order chi connectivity index (χ0) is 16.2. The molecule has 1 amide bonds. The summed E-state index contributed by atoms with van der Waals surface area (Å²) < 4.78 is 38.5. The molecule has 0 unspecified atom stereocenters. The van der Waals surface area contributed by atoms with Crippen molar-refractivity contribution in [2.75, 3.05) is 6.54 Å². The van der Waals surface area contributed by atoms with Gasteiger partial charge in [-0.05, 0) is 36.2 Å². The lowest BCUT2D eigenvalue weighted by atomic mass is 10.1. The van der Waals surface area contributed by atoms with E-state index < -0.39 is 17.6 Å². The summed E-state index contributed by atoms with van der Waals surface area (Å²) in [5.74, 6) is -0.734. The number of halogens is 4. The molecule has 2 aromatic rings. The Morgan fingerprint density at radius 1 is 1.05 bits per heavy atom. The summed E-state index contributed by atoms with van der Waals surface area (Å²) in [5, 5.41) is 3.11. The highest BCUT2D eigenvalue weighted by Gasteiger charge is 2.34. The molecule has 0 aliphatic carbocycles. The fraction of sp³-hybridized carbons (Fsp3) is 0.188. The Labute approximate surface area is 130 Å². The predicted octanol–water partition coefficient (Wildman–Crippen LogP) is 4.33. The number of carbonyl (C=O) groups excluding carboxylic acids is 1. The molecule has 0 aromatic heterocycles. The lowest BCUT2D eigenvalue weighted by molar-refractivity contribution is -0.137. The fourth-order valence-electron chi connectivity index (χ4n) is 1.99. The van der Waals surface area contributed by atoms with Gasteiger partial charge in [-0.1, -0.05) is 35.9 Å². The van der Waals surface area contributed by atoms with Crippen molar-refractivity contribution in [1.82, 2.24) is 5.32 Å². The summed E-state index contributed by atoms with van der Waals surface area (Å²) in [5.41, 5.74) is -0.362. The lowest BCUT2D eigenvalue weighted by Gasteiger charge is -2.12. The largest absolute Gasteiger partial charge is 0.417 e. The minimum absolute atomic E-state index is 0.243. The van der Waals surface area contributed by atoms with E-state index in [0.29, 0.717) is 11.4 Å². The van der Waals surface area contributed by atoms with E-state index in [1.807, 2.05) is 0 Å². The van der Waals surface area contributed by atoms with Gasteiger partial charge < -0.3 is 5.32 Å². The maximum absolute atomic E-state index is 12.8. The van der Waals surface area contributed by atoms with Gasteiger partial charge in [0.1, 0.15) is 0 Å². The van der Waals surface area contributed by atoms with Crippen LogP contribution in [0.15, 0.2) is 48.5 Å².